The summed E-state index contributed by atoms with van der Waals surface area (Å²) in [7, 11) is 3.54. The predicted molar refractivity (Wildman–Crippen MR) is 127 cm³/mol. The van der Waals surface area contributed by atoms with Gasteiger partial charge in [0.2, 0.25) is 0 Å². The predicted octanol–water partition coefficient (Wildman–Crippen LogP) is 4.29. The highest BCUT2D eigenvalue weighted by atomic mass is 16.7. The Morgan fingerprint density at radius 3 is 2.38 bits per heavy atom. The van der Waals surface area contributed by atoms with Crippen molar-refractivity contribution < 1.29 is 28.5 Å². The lowest BCUT2D eigenvalue weighted by molar-refractivity contribution is -0.261. The van der Waals surface area contributed by atoms with Gasteiger partial charge in [0, 0.05) is 32.9 Å². The Bertz CT molecular complexity index is 555. The average Bonchev–Trinajstić information content (AvgIpc) is 2.73. The van der Waals surface area contributed by atoms with Crippen molar-refractivity contribution in [3.05, 3.63) is 12.2 Å². The molecule has 188 valence electrons. The van der Waals surface area contributed by atoms with E-state index in [2.05, 4.69) is 37.4 Å². The second-order valence-electron chi connectivity index (χ2n) is 9.47. The van der Waals surface area contributed by atoms with Gasteiger partial charge in [-0.2, -0.15) is 0 Å². The van der Waals surface area contributed by atoms with E-state index in [1.807, 2.05) is 20.9 Å². The van der Waals surface area contributed by atoms with E-state index in [1.165, 1.54) is 19.8 Å². The van der Waals surface area contributed by atoms with E-state index < -0.39 is 5.79 Å². The number of aldehydes is 1. The van der Waals surface area contributed by atoms with Crippen molar-refractivity contribution in [2.45, 2.75) is 91.6 Å². The Morgan fingerprint density at radius 2 is 2.00 bits per heavy atom. The standard InChI is InChI=1S/C11H18O3.C9H19NO.C5H10O2/c1-8-7-11(13-4,5-6-12)14-10(3)9(8)2;1-9(2)5-4-8(6-10-3)11-7-9;1-3-4-7-5(2)6/h6,9-10H,1,5,7H2,2-4H3;8,10H,4-7H2,1-3H3;3-4H2,1-2H3/t9?,10?,11-;;/m0../s1. The maximum atomic E-state index is 10.5. The maximum absolute atomic E-state index is 10.5. The zero-order valence-electron chi connectivity index (χ0n) is 21.6. The van der Waals surface area contributed by atoms with Crippen molar-refractivity contribution in [2.24, 2.45) is 11.3 Å². The molecule has 0 bridgehead atoms. The number of hydrogen-bond donors (Lipinski definition) is 1. The molecule has 2 aliphatic heterocycles. The van der Waals surface area contributed by atoms with E-state index >= 15 is 0 Å². The van der Waals surface area contributed by atoms with Crippen LogP contribution in [-0.2, 0) is 28.5 Å². The van der Waals surface area contributed by atoms with Crippen molar-refractivity contribution in [3.63, 3.8) is 0 Å². The third-order valence-corrected chi connectivity index (χ3v) is 5.81. The number of esters is 1. The molecule has 2 fully saturated rings. The van der Waals surface area contributed by atoms with Crippen LogP contribution in [-0.4, -0.2) is 64.2 Å². The van der Waals surface area contributed by atoms with Crippen molar-refractivity contribution in [1.82, 2.24) is 5.32 Å². The van der Waals surface area contributed by atoms with Crippen molar-refractivity contribution >= 4 is 12.3 Å². The van der Waals surface area contributed by atoms with E-state index in [-0.39, 0.29) is 18.5 Å². The van der Waals surface area contributed by atoms with Gasteiger partial charge in [0.1, 0.15) is 6.29 Å². The topological polar surface area (TPSA) is 83.1 Å². The first-order valence-corrected chi connectivity index (χ1v) is 11.7. The van der Waals surface area contributed by atoms with E-state index in [0.717, 1.165) is 31.4 Å². The third-order valence-electron chi connectivity index (χ3n) is 5.81. The molecule has 0 spiro atoms. The minimum atomic E-state index is -0.773. The van der Waals surface area contributed by atoms with E-state index in [9.17, 15) is 9.59 Å². The molecule has 3 unspecified atom stereocenters. The molecule has 1 N–H and O–H groups in total. The molecular formula is C25H47NO6. The molecule has 0 aromatic rings. The van der Waals surface area contributed by atoms with E-state index in [1.54, 1.807) is 7.11 Å². The Morgan fingerprint density at radius 1 is 1.34 bits per heavy atom. The minimum absolute atomic E-state index is 0.0520. The fourth-order valence-electron chi connectivity index (χ4n) is 3.46. The lowest BCUT2D eigenvalue weighted by Gasteiger charge is -2.42. The number of carbonyl (C=O) groups excluding carboxylic acids is 2. The molecule has 0 radical (unpaired) electrons. The van der Waals surface area contributed by atoms with Gasteiger partial charge < -0.3 is 29.1 Å². The minimum Gasteiger partial charge on any atom is -0.466 e. The van der Waals surface area contributed by atoms with Crippen LogP contribution in [0.25, 0.3) is 0 Å². The van der Waals surface area contributed by atoms with Gasteiger partial charge in [0.25, 0.3) is 0 Å². The lowest BCUT2D eigenvalue weighted by Crippen LogP contribution is -2.45. The number of ether oxygens (including phenoxy) is 4. The summed E-state index contributed by atoms with van der Waals surface area (Å²) < 4.78 is 21.2. The highest BCUT2D eigenvalue weighted by Crippen LogP contribution is 2.37. The van der Waals surface area contributed by atoms with Crippen LogP contribution in [0.3, 0.4) is 0 Å². The molecule has 0 aromatic carbocycles. The summed E-state index contributed by atoms with van der Waals surface area (Å²) in [5.74, 6) is -0.642. The molecule has 0 aliphatic carbocycles. The summed E-state index contributed by atoms with van der Waals surface area (Å²) in [6.07, 6.45) is 5.60. The zero-order chi connectivity index (χ0) is 24.8. The summed E-state index contributed by atoms with van der Waals surface area (Å²) >= 11 is 0. The molecule has 7 nitrogen and oxygen atoms in total. The smallest absolute Gasteiger partial charge is 0.302 e. The van der Waals surface area contributed by atoms with Crippen molar-refractivity contribution in [1.29, 1.82) is 0 Å². The molecule has 2 heterocycles. The zero-order valence-corrected chi connectivity index (χ0v) is 21.6. The first-order valence-electron chi connectivity index (χ1n) is 11.7. The van der Waals surface area contributed by atoms with E-state index in [0.29, 0.717) is 30.5 Å². The van der Waals surface area contributed by atoms with Crippen molar-refractivity contribution in [3.8, 4) is 0 Å². The first-order chi connectivity index (χ1) is 15.0. The van der Waals surface area contributed by atoms with Crippen molar-refractivity contribution in [2.75, 3.05) is 33.9 Å². The maximum Gasteiger partial charge on any atom is 0.302 e. The highest BCUT2D eigenvalue weighted by Gasteiger charge is 2.40. The molecule has 4 atom stereocenters. The Balaban J connectivity index is 0.000000478. The van der Waals surface area contributed by atoms with Gasteiger partial charge in [-0.15, -0.1) is 0 Å². The SMILES string of the molecule is C=C1C[C@@](CC=O)(OC)OC(C)C1C.CCCOC(C)=O.CNCC1CCC(C)(C)CO1. The van der Waals surface area contributed by atoms with Crippen LogP contribution >= 0.6 is 0 Å². The lowest BCUT2D eigenvalue weighted by atomic mass is 9.85. The number of likely N-dealkylation sites (N-methyl/N-ethyl adjacent to an activating group) is 1. The monoisotopic (exact) mass is 457 g/mol. The van der Waals surface area contributed by atoms with Gasteiger partial charge in [-0.3, -0.25) is 4.79 Å². The summed E-state index contributed by atoms with van der Waals surface area (Å²) in [6, 6.07) is 0. The summed E-state index contributed by atoms with van der Waals surface area (Å²) in [6.45, 7) is 18.4. The van der Waals surface area contributed by atoms with Crippen LogP contribution < -0.4 is 5.32 Å². The summed E-state index contributed by atoms with van der Waals surface area (Å²) in [4.78, 5) is 20.5. The molecule has 32 heavy (non-hydrogen) atoms. The van der Waals surface area contributed by atoms with Gasteiger partial charge in [-0.05, 0) is 38.6 Å². The van der Waals surface area contributed by atoms with Crippen LogP contribution in [0.15, 0.2) is 12.2 Å². The number of nitrogens with one attached hydrogen (secondary N) is 1. The van der Waals surface area contributed by atoms with Crippen LogP contribution in [0, 0.1) is 11.3 Å². The average molecular weight is 458 g/mol. The molecule has 7 heteroatoms. The summed E-state index contributed by atoms with van der Waals surface area (Å²) in [5.41, 5.74) is 1.50. The third kappa shape index (κ3) is 12.1. The second kappa shape index (κ2) is 15.5. The largest absolute Gasteiger partial charge is 0.466 e. The van der Waals surface area contributed by atoms with Crippen LogP contribution in [0.2, 0.25) is 0 Å². The summed E-state index contributed by atoms with van der Waals surface area (Å²) in [5, 5.41) is 3.14. The number of hydrogen-bond acceptors (Lipinski definition) is 7. The van der Waals surface area contributed by atoms with Crippen LogP contribution in [0.1, 0.15) is 73.6 Å². The van der Waals surface area contributed by atoms with Crippen LogP contribution in [0.4, 0.5) is 0 Å². The molecule has 0 aromatic heterocycles. The quantitative estimate of drug-likeness (QED) is 0.347. The Labute approximate surface area is 195 Å². The van der Waals surface area contributed by atoms with Gasteiger partial charge in [0.15, 0.2) is 5.79 Å². The Kier molecular flexibility index (Phi) is 14.9. The fourth-order valence-corrected chi connectivity index (χ4v) is 3.46. The molecule has 0 saturated carbocycles. The van der Waals surface area contributed by atoms with Gasteiger partial charge in [-0.1, -0.05) is 39.8 Å². The molecule has 2 rings (SSSR count). The van der Waals surface area contributed by atoms with Gasteiger partial charge in [-0.25, -0.2) is 0 Å². The van der Waals surface area contributed by atoms with Gasteiger partial charge in [0.05, 0.1) is 31.8 Å². The highest BCUT2D eigenvalue weighted by molar-refractivity contribution is 5.65. The molecular weight excluding hydrogens is 410 g/mol. The normalized spacial score (nSPS) is 29.0. The molecule has 0 amide bonds. The first kappa shape index (κ1) is 30.7. The molecule has 2 aliphatic rings. The van der Waals surface area contributed by atoms with E-state index in [4.69, 9.17) is 14.2 Å². The fraction of sp³-hybridized carbons (Fsp3) is 0.840. The Hall–Kier alpha value is -1.28. The second-order valence-corrected chi connectivity index (χ2v) is 9.47. The number of rotatable bonds is 7. The number of methoxy groups -OCH3 is 1. The molecule has 2 saturated heterocycles. The van der Waals surface area contributed by atoms with Crippen LogP contribution in [0.5, 0.6) is 0 Å². The van der Waals surface area contributed by atoms with Gasteiger partial charge >= 0.3 is 5.97 Å². The number of carbonyl (C=O) groups is 2.